The van der Waals surface area contributed by atoms with E-state index >= 15 is 0 Å². The molecule has 1 nitrogen and oxygen atoms in total. The quantitative estimate of drug-likeness (QED) is 0.630. The van der Waals surface area contributed by atoms with Crippen LogP contribution >= 0.6 is 0 Å². The van der Waals surface area contributed by atoms with Crippen LogP contribution in [0.2, 0.25) is 0 Å². The fourth-order valence-electron chi connectivity index (χ4n) is 2.08. The van der Waals surface area contributed by atoms with Gasteiger partial charge >= 0.3 is 51.4 Å². The van der Waals surface area contributed by atoms with Crippen molar-refractivity contribution in [3.63, 3.8) is 0 Å². The molecule has 0 fully saturated rings. The van der Waals surface area contributed by atoms with Gasteiger partial charge in [-0.25, -0.2) is 0 Å². The molecule has 0 atom stereocenters. The molecule has 0 bridgehead atoms. The summed E-state index contributed by atoms with van der Waals surface area (Å²) in [6.07, 6.45) is 8.78. The van der Waals surface area contributed by atoms with Crippen LogP contribution in [0.5, 0.6) is 0 Å². The van der Waals surface area contributed by atoms with E-state index in [-0.39, 0.29) is 56.8 Å². The van der Waals surface area contributed by atoms with Gasteiger partial charge in [0.1, 0.15) is 0 Å². The van der Waals surface area contributed by atoms with Crippen molar-refractivity contribution in [2.75, 3.05) is 0 Å². The Bertz CT molecular complexity index is 602. The summed E-state index contributed by atoms with van der Waals surface area (Å²) >= 11 is 0. The molecular formula is C15H14KN. The van der Waals surface area contributed by atoms with E-state index < -0.39 is 0 Å². The monoisotopic (exact) mass is 247 g/mol. The third kappa shape index (κ3) is 2.51. The summed E-state index contributed by atoms with van der Waals surface area (Å²) in [6.45, 7) is 4.40. The van der Waals surface area contributed by atoms with Crippen LogP contribution in [-0.2, 0) is 0 Å². The Hall–Kier alpha value is -0.124. The van der Waals surface area contributed by atoms with Gasteiger partial charge in [0.15, 0.2) is 0 Å². The van der Waals surface area contributed by atoms with Crippen molar-refractivity contribution in [1.29, 1.82) is 0 Å². The summed E-state index contributed by atoms with van der Waals surface area (Å²) < 4.78 is 0. The summed E-state index contributed by atoms with van der Waals surface area (Å²) in [6, 6.07) is 8.30. The number of hydrogen-bond donors (Lipinski definition) is 0. The number of aromatic nitrogens is 1. The van der Waals surface area contributed by atoms with Crippen molar-refractivity contribution in [2.24, 2.45) is 5.41 Å². The van der Waals surface area contributed by atoms with Crippen LogP contribution < -0.4 is 56.4 Å². The van der Waals surface area contributed by atoms with Gasteiger partial charge in [0.05, 0.1) is 0 Å². The van der Waals surface area contributed by atoms with Gasteiger partial charge in [0.2, 0.25) is 0 Å². The first kappa shape index (κ1) is 13.3. The Morgan fingerprint density at radius 1 is 1.00 bits per heavy atom. The van der Waals surface area contributed by atoms with Crippen molar-refractivity contribution in [3.05, 3.63) is 47.7 Å². The van der Waals surface area contributed by atoms with E-state index in [0.717, 1.165) is 11.2 Å². The summed E-state index contributed by atoms with van der Waals surface area (Å²) in [7, 11) is 0. The molecule has 0 unspecified atom stereocenters. The number of benzene rings is 1. The van der Waals surface area contributed by atoms with E-state index in [2.05, 4.69) is 61.3 Å². The zero-order valence-electron chi connectivity index (χ0n) is 10.6. The van der Waals surface area contributed by atoms with Crippen molar-refractivity contribution in [3.8, 4) is 0 Å². The summed E-state index contributed by atoms with van der Waals surface area (Å²) in [5.41, 5.74) is 3.54. The Morgan fingerprint density at radius 3 is 2.53 bits per heavy atom. The van der Waals surface area contributed by atoms with Crippen molar-refractivity contribution in [2.45, 2.75) is 13.8 Å². The third-order valence-corrected chi connectivity index (χ3v) is 3.06. The molecule has 1 aliphatic rings. The number of hydrogen-bond acceptors (Lipinski definition) is 0. The second-order valence-corrected chi connectivity index (χ2v) is 4.92. The fraction of sp³-hybridized carbons (Fsp3) is 0.200. The molecule has 0 amide bonds. The van der Waals surface area contributed by atoms with Crippen molar-refractivity contribution < 1.29 is 51.4 Å². The number of fused-ring (bicyclic) bond motifs is 3. The van der Waals surface area contributed by atoms with Crippen molar-refractivity contribution in [1.82, 2.24) is 4.98 Å². The zero-order chi connectivity index (χ0) is 11.2. The first-order valence-corrected chi connectivity index (χ1v) is 5.60. The maximum absolute atomic E-state index is 4.64. The molecule has 1 aliphatic carbocycles. The topological polar surface area (TPSA) is 14.1 Å². The molecule has 80 valence electrons. The molecule has 0 saturated carbocycles. The van der Waals surface area contributed by atoms with Gasteiger partial charge in [-0.2, -0.15) is 0 Å². The molecule has 1 aromatic carbocycles. The summed E-state index contributed by atoms with van der Waals surface area (Å²) in [5.74, 6) is 0. The molecule has 0 saturated heterocycles. The van der Waals surface area contributed by atoms with Crippen LogP contribution in [0.25, 0.3) is 23.1 Å². The van der Waals surface area contributed by atoms with Gasteiger partial charge in [0, 0.05) is 5.41 Å². The van der Waals surface area contributed by atoms with Gasteiger partial charge in [-0.3, -0.25) is 0 Å². The summed E-state index contributed by atoms with van der Waals surface area (Å²) in [5, 5.41) is 1.25. The first-order chi connectivity index (χ1) is 7.66. The van der Waals surface area contributed by atoms with E-state index in [4.69, 9.17) is 0 Å². The Kier molecular flexibility index (Phi) is 3.81. The second-order valence-electron chi connectivity index (χ2n) is 4.92. The van der Waals surface area contributed by atoms with E-state index in [1.165, 1.54) is 10.9 Å². The minimum atomic E-state index is 0. The Morgan fingerprint density at radius 2 is 1.71 bits per heavy atom. The Labute approximate surface area is 144 Å². The average Bonchev–Trinajstić information content (AvgIpc) is 2.54. The third-order valence-electron chi connectivity index (χ3n) is 3.06. The number of nitrogens with zero attached hydrogens (tertiary/aromatic N) is 1. The molecule has 0 N–H and O–H groups in total. The minimum absolute atomic E-state index is 0. The van der Waals surface area contributed by atoms with Gasteiger partial charge in [-0.1, -0.05) is 62.4 Å². The standard InChI is InChI=1S/C15H14N.K/c1-15(2)9-7-12-11-5-3-4-6-13(11)16-14(12)8-10-15;/h3-10H,1-2H3;/q-1;+1. The number of allylic oxidation sites excluding steroid dienone is 2. The van der Waals surface area contributed by atoms with Crippen LogP contribution in [0.15, 0.2) is 36.4 Å². The van der Waals surface area contributed by atoms with Crippen LogP contribution in [0.1, 0.15) is 25.1 Å². The molecular weight excluding hydrogens is 233 g/mol. The van der Waals surface area contributed by atoms with E-state index in [1.54, 1.807) is 0 Å². The van der Waals surface area contributed by atoms with Gasteiger partial charge in [0.25, 0.3) is 0 Å². The minimum Gasteiger partial charge on any atom is -0.657 e. The first-order valence-electron chi connectivity index (χ1n) is 5.60. The second kappa shape index (κ2) is 4.86. The van der Waals surface area contributed by atoms with Gasteiger partial charge < -0.3 is 4.98 Å². The normalized spacial score (nSPS) is 16.4. The summed E-state index contributed by atoms with van der Waals surface area (Å²) in [4.78, 5) is 4.64. The molecule has 17 heavy (non-hydrogen) atoms. The van der Waals surface area contributed by atoms with Crippen LogP contribution in [-0.4, -0.2) is 0 Å². The number of rotatable bonds is 0. The van der Waals surface area contributed by atoms with Crippen LogP contribution in [0.3, 0.4) is 0 Å². The van der Waals surface area contributed by atoms with Gasteiger partial charge in [-0.15, -0.1) is 11.2 Å². The number of para-hydroxylation sites is 1. The predicted molar refractivity (Wildman–Crippen MR) is 69.1 cm³/mol. The van der Waals surface area contributed by atoms with E-state index in [0.29, 0.717) is 0 Å². The molecule has 0 spiro atoms. The van der Waals surface area contributed by atoms with Crippen molar-refractivity contribution >= 4 is 23.1 Å². The average molecular weight is 247 g/mol. The maximum atomic E-state index is 4.64. The largest absolute Gasteiger partial charge is 1.00 e. The van der Waals surface area contributed by atoms with E-state index in [1.807, 2.05) is 6.07 Å². The fourth-order valence-corrected chi connectivity index (χ4v) is 2.08. The molecule has 0 aliphatic heterocycles. The van der Waals surface area contributed by atoms with Crippen LogP contribution in [0.4, 0.5) is 0 Å². The molecule has 1 aromatic heterocycles. The molecule has 1 heterocycles. The van der Waals surface area contributed by atoms with E-state index in [9.17, 15) is 0 Å². The molecule has 3 rings (SSSR count). The molecule has 0 radical (unpaired) electrons. The maximum Gasteiger partial charge on any atom is 1.00 e. The molecule has 2 heteroatoms. The Balaban J connectivity index is 0.00000108. The smallest absolute Gasteiger partial charge is 0.657 e. The zero-order valence-corrected chi connectivity index (χ0v) is 13.7. The molecule has 2 aromatic rings. The van der Waals surface area contributed by atoms with Gasteiger partial charge in [-0.05, 0) is 10.9 Å². The predicted octanol–water partition coefficient (Wildman–Crippen LogP) is 0.867. The SMILES string of the molecule is CC1(C)C=Cc2[n-]c3ccccc3c2C=C1.[K+]. The van der Waals surface area contributed by atoms with Crippen LogP contribution in [0, 0.1) is 5.41 Å².